The lowest BCUT2D eigenvalue weighted by Gasteiger charge is -2.23. The third kappa shape index (κ3) is 2.64. The van der Waals surface area contributed by atoms with Crippen molar-refractivity contribution in [2.75, 3.05) is 0 Å². The van der Waals surface area contributed by atoms with Crippen LogP contribution in [0.15, 0.2) is 23.0 Å². The molecule has 0 amide bonds. The van der Waals surface area contributed by atoms with Gasteiger partial charge in [0.25, 0.3) is 0 Å². The van der Waals surface area contributed by atoms with E-state index in [2.05, 4.69) is 5.10 Å². The van der Waals surface area contributed by atoms with Gasteiger partial charge >= 0.3 is 11.7 Å². The predicted molar refractivity (Wildman–Crippen MR) is 76.3 cm³/mol. The molecule has 0 saturated carbocycles. The van der Waals surface area contributed by atoms with Crippen molar-refractivity contribution in [1.82, 2.24) is 14.3 Å². The smallest absolute Gasteiger partial charge is 0.347 e. The molecule has 1 aromatic carbocycles. The Hall–Kier alpha value is -2.51. The van der Waals surface area contributed by atoms with E-state index in [9.17, 15) is 23.5 Å². The van der Waals surface area contributed by atoms with Gasteiger partial charge < -0.3 is 5.11 Å². The van der Waals surface area contributed by atoms with Crippen LogP contribution in [0.4, 0.5) is 8.78 Å². The second-order valence-corrected chi connectivity index (χ2v) is 5.74. The second kappa shape index (κ2) is 5.60. The van der Waals surface area contributed by atoms with Crippen molar-refractivity contribution < 1.29 is 18.7 Å². The number of hydrogen-bond donors (Lipinski definition) is 1. The molecule has 122 valence electrons. The Morgan fingerprint density at radius 1 is 1.39 bits per heavy atom. The monoisotopic (exact) mass is 323 g/mol. The van der Waals surface area contributed by atoms with Gasteiger partial charge in [-0.1, -0.05) is 13.0 Å². The Kier molecular flexibility index (Phi) is 3.75. The van der Waals surface area contributed by atoms with Crippen LogP contribution in [0, 0.1) is 11.6 Å². The molecule has 0 fully saturated rings. The molecule has 0 saturated heterocycles. The van der Waals surface area contributed by atoms with Crippen molar-refractivity contribution >= 4 is 5.97 Å². The normalized spacial score (nSPS) is 20.3. The minimum atomic E-state index is -1.09. The van der Waals surface area contributed by atoms with E-state index in [0.29, 0.717) is 18.7 Å². The SMILES string of the molecule is C[C@@H]1CC[C@H](C(=O)O)n2c1nn(Cc1ccc(F)cc1F)c2=O. The van der Waals surface area contributed by atoms with Gasteiger partial charge in [0, 0.05) is 17.5 Å². The molecule has 1 aromatic heterocycles. The molecule has 8 heteroatoms. The highest BCUT2D eigenvalue weighted by molar-refractivity contribution is 5.72. The van der Waals surface area contributed by atoms with E-state index in [4.69, 9.17) is 0 Å². The third-order valence-corrected chi connectivity index (χ3v) is 4.14. The first-order valence-corrected chi connectivity index (χ1v) is 7.24. The topological polar surface area (TPSA) is 77.1 Å². The van der Waals surface area contributed by atoms with Gasteiger partial charge in [0.2, 0.25) is 0 Å². The zero-order valence-corrected chi connectivity index (χ0v) is 12.4. The van der Waals surface area contributed by atoms with Crippen LogP contribution in [-0.4, -0.2) is 25.4 Å². The number of halogens is 2. The summed E-state index contributed by atoms with van der Waals surface area (Å²) in [4.78, 5) is 23.8. The molecule has 0 spiro atoms. The van der Waals surface area contributed by atoms with Crippen molar-refractivity contribution in [1.29, 1.82) is 0 Å². The van der Waals surface area contributed by atoms with Crippen LogP contribution in [-0.2, 0) is 11.3 Å². The summed E-state index contributed by atoms with van der Waals surface area (Å²) >= 11 is 0. The zero-order valence-electron chi connectivity index (χ0n) is 12.4. The summed E-state index contributed by atoms with van der Waals surface area (Å²) in [7, 11) is 0. The fourth-order valence-corrected chi connectivity index (χ4v) is 2.88. The number of carboxylic acids is 1. The average Bonchev–Trinajstić information content (AvgIpc) is 2.81. The van der Waals surface area contributed by atoms with Crippen molar-refractivity contribution in [3.63, 3.8) is 0 Å². The molecule has 0 aliphatic carbocycles. The van der Waals surface area contributed by atoms with Crippen molar-refractivity contribution in [3.05, 3.63) is 51.7 Å². The summed E-state index contributed by atoms with van der Waals surface area (Å²) in [6.07, 6.45) is 0.957. The lowest BCUT2D eigenvalue weighted by Crippen LogP contribution is -2.35. The van der Waals surface area contributed by atoms with E-state index in [-0.39, 0.29) is 18.0 Å². The van der Waals surface area contributed by atoms with E-state index >= 15 is 0 Å². The summed E-state index contributed by atoms with van der Waals surface area (Å²) in [6.45, 7) is 1.68. The number of hydrogen-bond acceptors (Lipinski definition) is 3. The van der Waals surface area contributed by atoms with Crippen LogP contribution < -0.4 is 5.69 Å². The van der Waals surface area contributed by atoms with Crippen LogP contribution in [0.1, 0.15) is 43.1 Å². The molecule has 2 aromatic rings. The molecular formula is C15H15F2N3O3. The molecule has 3 rings (SSSR count). The third-order valence-electron chi connectivity index (χ3n) is 4.14. The predicted octanol–water partition coefficient (Wildman–Crippen LogP) is 1.89. The maximum Gasteiger partial charge on any atom is 0.347 e. The number of fused-ring (bicyclic) bond motifs is 1. The quantitative estimate of drug-likeness (QED) is 0.936. The van der Waals surface area contributed by atoms with Gasteiger partial charge in [0.15, 0.2) is 0 Å². The van der Waals surface area contributed by atoms with E-state index in [1.54, 1.807) is 0 Å². The number of aromatic nitrogens is 3. The number of carbonyl (C=O) groups is 1. The molecule has 0 bridgehead atoms. The summed E-state index contributed by atoms with van der Waals surface area (Å²) in [6, 6.07) is 2.12. The van der Waals surface area contributed by atoms with Crippen LogP contribution in [0.3, 0.4) is 0 Å². The first-order chi connectivity index (χ1) is 10.9. The number of rotatable bonds is 3. The van der Waals surface area contributed by atoms with Crippen molar-refractivity contribution in [2.45, 2.75) is 38.3 Å². The maximum absolute atomic E-state index is 13.7. The lowest BCUT2D eigenvalue weighted by atomic mass is 9.96. The Bertz CT molecular complexity index is 828. The number of aliphatic carboxylic acids is 1. The number of nitrogens with zero attached hydrogens (tertiary/aromatic N) is 3. The first-order valence-electron chi connectivity index (χ1n) is 7.24. The molecule has 1 aliphatic rings. The lowest BCUT2D eigenvalue weighted by molar-refractivity contribution is -0.141. The minimum Gasteiger partial charge on any atom is -0.480 e. The molecule has 2 heterocycles. The van der Waals surface area contributed by atoms with Crippen LogP contribution >= 0.6 is 0 Å². The Labute approximate surface area is 130 Å². The molecule has 0 unspecified atom stereocenters. The fourth-order valence-electron chi connectivity index (χ4n) is 2.88. The Morgan fingerprint density at radius 3 is 2.78 bits per heavy atom. The van der Waals surface area contributed by atoms with Gasteiger partial charge in [-0.2, -0.15) is 5.10 Å². The summed E-state index contributed by atoms with van der Waals surface area (Å²) in [5, 5.41) is 13.4. The van der Waals surface area contributed by atoms with Gasteiger partial charge in [-0.05, 0) is 18.9 Å². The minimum absolute atomic E-state index is 0.0578. The molecular weight excluding hydrogens is 308 g/mol. The Morgan fingerprint density at radius 2 is 2.13 bits per heavy atom. The van der Waals surface area contributed by atoms with E-state index < -0.39 is 29.3 Å². The average molecular weight is 323 g/mol. The van der Waals surface area contributed by atoms with Crippen LogP contribution in [0.5, 0.6) is 0 Å². The van der Waals surface area contributed by atoms with E-state index in [0.717, 1.165) is 21.4 Å². The van der Waals surface area contributed by atoms with E-state index in [1.807, 2.05) is 6.92 Å². The molecule has 2 atom stereocenters. The maximum atomic E-state index is 13.7. The fraction of sp³-hybridized carbons (Fsp3) is 0.400. The zero-order chi connectivity index (χ0) is 16.7. The highest BCUT2D eigenvalue weighted by atomic mass is 19.1. The van der Waals surface area contributed by atoms with Gasteiger partial charge in [-0.25, -0.2) is 23.1 Å². The standard InChI is InChI=1S/C15H15F2N3O3/c1-8-2-5-12(14(21)22)20-13(8)18-19(15(20)23)7-9-3-4-10(16)6-11(9)17/h3-4,6,8,12H,2,5,7H2,1H3,(H,21,22)/t8-,12-/m1/s1. The molecule has 0 radical (unpaired) electrons. The summed E-state index contributed by atoms with van der Waals surface area (Å²) in [5.41, 5.74) is -0.480. The number of benzene rings is 1. The van der Waals surface area contributed by atoms with Gasteiger partial charge in [0.1, 0.15) is 23.5 Å². The first kappa shape index (κ1) is 15.4. The molecule has 23 heavy (non-hydrogen) atoms. The molecule has 1 N–H and O–H groups in total. The number of carboxylic acid groups (broad SMARTS) is 1. The second-order valence-electron chi connectivity index (χ2n) is 5.74. The summed E-state index contributed by atoms with van der Waals surface area (Å²) in [5.74, 6) is -2.24. The van der Waals surface area contributed by atoms with Gasteiger partial charge in [-0.15, -0.1) is 0 Å². The Balaban J connectivity index is 2.04. The molecule has 6 nitrogen and oxygen atoms in total. The van der Waals surface area contributed by atoms with Crippen molar-refractivity contribution in [2.24, 2.45) is 0 Å². The van der Waals surface area contributed by atoms with E-state index in [1.165, 1.54) is 6.07 Å². The molecule has 1 aliphatic heterocycles. The highest BCUT2D eigenvalue weighted by Gasteiger charge is 2.33. The highest BCUT2D eigenvalue weighted by Crippen LogP contribution is 2.30. The van der Waals surface area contributed by atoms with Crippen molar-refractivity contribution in [3.8, 4) is 0 Å². The summed E-state index contributed by atoms with van der Waals surface area (Å²) < 4.78 is 28.9. The van der Waals surface area contributed by atoms with Gasteiger partial charge in [0.05, 0.1) is 6.54 Å². The van der Waals surface area contributed by atoms with Crippen LogP contribution in [0.25, 0.3) is 0 Å². The van der Waals surface area contributed by atoms with Gasteiger partial charge in [-0.3, -0.25) is 4.57 Å². The largest absolute Gasteiger partial charge is 0.480 e. The van der Waals surface area contributed by atoms with Crippen LogP contribution in [0.2, 0.25) is 0 Å².